The maximum atomic E-state index is 9.31. The average Bonchev–Trinajstić information content (AvgIpc) is 2.32. The normalized spacial score (nSPS) is 14.5. The molecule has 0 aliphatic carbocycles. The molecule has 17 heavy (non-hydrogen) atoms. The van der Waals surface area contributed by atoms with Crippen molar-refractivity contribution in [2.75, 3.05) is 13.7 Å². The van der Waals surface area contributed by atoms with E-state index in [-0.39, 0.29) is 18.6 Å². The number of aliphatic hydroxyl groups excluding tert-OH is 1. The third-order valence-electron chi connectivity index (χ3n) is 3.41. The quantitative estimate of drug-likeness (QED) is 0.826. The maximum absolute atomic E-state index is 9.31. The van der Waals surface area contributed by atoms with Crippen LogP contribution in [0.5, 0.6) is 5.75 Å². The Morgan fingerprint density at radius 3 is 2.41 bits per heavy atom. The van der Waals surface area contributed by atoms with Crippen molar-refractivity contribution in [3.8, 4) is 5.75 Å². The summed E-state index contributed by atoms with van der Waals surface area (Å²) in [6, 6.07) is 3.96. The van der Waals surface area contributed by atoms with Gasteiger partial charge in [0.15, 0.2) is 0 Å². The van der Waals surface area contributed by atoms with E-state index in [9.17, 15) is 5.11 Å². The van der Waals surface area contributed by atoms with E-state index in [1.807, 2.05) is 26.8 Å². The van der Waals surface area contributed by atoms with E-state index >= 15 is 0 Å². The van der Waals surface area contributed by atoms with Crippen molar-refractivity contribution in [3.05, 3.63) is 28.8 Å². The van der Waals surface area contributed by atoms with Crippen LogP contribution in [0.1, 0.15) is 36.1 Å². The van der Waals surface area contributed by atoms with Crippen LogP contribution >= 0.6 is 0 Å². The Balaban J connectivity index is 3.09. The first-order valence-corrected chi connectivity index (χ1v) is 6.06. The molecule has 0 saturated carbocycles. The number of hydrogen-bond acceptors (Lipinski definition) is 3. The SMILES string of the molecule is CCC(CO)C(N)c1cc(C)c(OC)cc1C. The maximum Gasteiger partial charge on any atom is 0.122 e. The molecule has 3 heteroatoms. The summed E-state index contributed by atoms with van der Waals surface area (Å²) in [5.41, 5.74) is 9.52. The second-order valence-corrected chi connectivity index (χ2v) is 4.56. The van der Waals surface area contributed by atoms with Crippen LogP contribution in [0.3, 0.4) is 0 Å². The van der Waals surface area contributed by atoms with Crippen LogP contribution in [0.15, 0.2) is 12.1 Å². The Morgan fingerprint density at radius 1 is 1.29 bits per heavy atom. The van der Waals surface area contributed by atoms with Gasteiger partial charge in [-0.05, 0) is 43.0 Å². The van der Waals surface area contributed by atoms with Crippen molar-refractivity contribution in [3.63, 3.8) is 0 Å². The van der Waals surface area contributed by atoms with Gasteiger partial charge in [0.05, 0.1) is 7.11 Å². The van der Waals surface area contributed by atoms with Gasteiger partial charge >= 0.3 is 0 Å². The van der Waals surface area contributed by atoms with E-state index in [0.717, 1.165) is 28.9 Å². The topological polar surface area (TPSA) is 55.5 Å². The monoisotopic (exact) mass is 237 g/mol. The summed E-state index contributed by atoms with van der Waals surface area (Å²) in [5.74, 6) is 0.997. The van der Waals surface area contributed by atoms with Crippen molar-refractivity contribution in [1.29, 1.82) is 0 Å². The van der Waals surface area contributed by atoms with Crippen molar-refractivity contribution in [1.82, 2.24) is 0 Å². The summed E-state index contributed by atoms with van der Waals surface area (Å²) in [6.45, 7) is 6.21. The minimum Gasteiger partial charge on any atom is -0.496 e. The Kier molecular flexibility index (Phi) is 4.97. The molecule has 0 aliphatic rings. The number of methoxy groups -OCH3 is 1. The minimum absolute atomic E-state index is 0.112. The number of aryl methyl sites for hydroxylation is 2. The minimum atomic E-state index is -0.116. The molecule has 3 nitrogen and oxygen atoms in total. The summed E-state index contributed by atoms with van der Waals surface area (Å²) in [5, 5.41) is 9.31. The van der Waals surface area contributed by atoms with Gasteiger partial charge in [0.1, 0.15) is 5.75 Å². The fraction of sp³-hybridized carbons (Fsp3) is 0.571. The summed E-state index contributed by atoms with van der Waals surface area (Å²) in [4.78, 5) is 0. The molecule has 0 spiro atoms. The third-order valence-corrected chi connectivity index (χ3v) is 3.41. The fourth-order valence-corrected chi connectivity index (χ4v) is 2.14. The Morgan fingerprint density at radius 2 is 1.94 bits per heavy atom. The van der Waals surface area contributed by atoms with E-state index in [1.165, 1.54) is 0 Å². The van der Waals surface area contributed by atoms with E-state index in [2.05, 4.69) is 6.07 Å². The van der Waals surface area contributed by atoms with Gasteiger partial charge in [-0.1, -0.05) is 13.0 Å². The number of ether oxygens (including phenoxy) is 1. The molecule has 1 aromatic rings. The molecular formula is C14H23NO2. The summed E-state index contributed by atoms with van der Waals surface area (Å²) in [7, 11) is 1.67. The highest BCUT2D eigenvalue weighted by Crippen LogP contribution is 2.29. The Labute approximate surface area is 104 Å². The molecule has 2 atom stereocenters. The van der Waals surface area contributed by atoms with Crippen LogP contribution in [0.25, 0.3) is 0 Å². The lowest BCUT2D eigenvalue weighted by molar-refractivity contribution is 0.200. The lowest BCUT2D eigenvalue weighted by Crippen LogP contribution is -2.24. The molecule has 0 aliphatic heterocycles. The molecule has 0 aromatic heterocycles. The molecule has 0 heterocycles. The molecule has 96 valence electrons. The van der Waals surface area contributed by atoms with Crippen molar-refractivity contribution >= 4 is 0 Å². The van der Waals surface area contributed by atoms with Gasteiger partial charge in [0.2, 0.25) is 0 Å². The molecule has 1 rings (SSSR count). The lowest BCUT2D eigenvalue weighted by atomic mass is 9.88. The number of hydrogen-bond donors (Lipinski definition) is 2. The van der Waals surface area contributed by atoms with Crippen LogP contribution in [0, 0.1) is 19.8 Å². The van der Waals surface area contributed by atoms with Crippen LogP contribution in [0.4, 0.5) is 0 Å². The molecule has 2 unspecified atom stereocenters. The molecular weight excluding hydrogens is 214 g/mol. The first-order valence-electron chi connectivity index (χ1n) is 6.06. The average molecular weight is 237 g/mol. The molecule has 0 bridgehead atoms. The van der Waals surface area contributed by atoms with E-state index < -0.39 is 0 Å². The zero-order valence-electron chi connectivity index (χ0n) is 11.2. The standard InChI is InChI=1S/C14H23NO2/c1-5-11(8-16)14(15)12-6-10(3)13(17-4)7-9(12)2/h6-7,11,14,16H,5,8,15H2,1-4H3. The van der Waals surface area contributed by atoms with Gasteiger partial charge in [-0.2, -0.15) is 0 Å². The van der Waals surface area contributed by atoms with Gasteiger partial charge in [-0.25, -0.2) is 0 Å². The van der Waals surface area contributed by atoms with Crippen LogP contribution in [-0.4, -0.2) is 18.8 Å². The largest absolute Gasteiger partial charge is 0.496 e. The predicted octanol–water partition coefficient (Wildman–Crippen LogP) is 2.33. The molecule has 1 aromatic carbocycles. The summed E-state index contributed by atoms with van der Waals surface area (Å²) >= 11 is 0. The lowest BCUT2D eigenvalue weighted by Gasteiger charge is -2.23. The summed E-state index contributed by atoms with van der Waals surface area (Å²) in [6.07, 6.45) is 0.877. The predicted molar refractivity (Wildman–Crippen MR) is 70.3 cm³/mol. The molecule has 0 amide bonds. The fourth-order valence-electron chi connectivity index (χ4n) is 2.14. The van der Waals surface area contributed by atoms with E-state index in [0.29, 0.717) is 0 Å². The van der Waals surface area contributed by atoms with E-state index in [1.54, 1.807) is 7.11 Å². The second-order valence-electron chi connectivity index (χ2n) is 4.56. The zero-order chi connectivity index (χ0) is 13.0. The highest BCUT2D eigenvalue weighted by Gasteiger charge is 2.19. The zero-order valence-corrected chi connectivity index (χ0v) is 11.2. The summed E-state index contributed by atoms with van der Waals surface area (Å²) < 4.78 is 5.28. The molecule has 0 fully saturated rings. The van der Waals surface area contributed by atoms with Gasteiger partial charge < -0.3 is 15.6 Å². The van der Waals surface area contributed by atoms with Gasteiger partial charge in [0.25, 0.3) is 0 Å². The van der Waals surface area contributed by atoms with Crippen molar-refractivity contribution < 1.29 is 9.84 Å². The van der Waals surface area contributed by atoms with E-state index in [4.69, 9.17) is 10.5 Å². The smallest absolute Gasteiger partial charge is 0.122 e. The van der Waals surface area contributed by atoms with Gasteiger partial charge in [-0.3, -0.25) is 0 Å². The molecule has 3 N–H and O–H groups in total. The van der Waals surface area contributed by atoms with Crippen molar-refractivity contribution in [2.24, 2.45) is 11.7 Å². The molecule has 0 saturated heterocycles. The van der Waals surface area contributed by atoms with Crippen LogP contribution < -0.4 is 10.5 Å². The first kappa shape index (κ1) is 14.0. The number of benzene rings is 1. The van der Waals surface area contributed by atoms with Crippen molar-refractivity contribution in [2.45, 2.75) is 33.2 Å². The Hall–Kier alpha value is -1.06. The number of rotatable bonds is 5. The van der Waals surface area contributed by atoms with Crippen LogP contribution in [0.2, 0.25) is 0 Å². The second kappa shape index (κ2) is 6.03. The number of nitrogens with two attached hydrogens (primary N) is 1. The highest BCUT2D eigenvalue weighted by atomic mass is 16.5. The Bertz CT molecular complexity index is 373. The highest BCUT2D eigenvalue weighted by molar-refractivity contribution is 5.43. The third kappa shape index (κ3) is 2.99. The van der Waals surface area contributed by atoms with Gasteiger partial charge in [-0.15, -0.1) is 0 Å². The first-order chi connectivity index (χ1) is 8.04. The number of aliphatic hydroxyl groups is 1. The molecule has 0 radical (unpaired) electrons. The van der Waals surface area contributed by atoms with Crippen LogP contribution in [-0.2, 0) is 0 Å². The van der Waals surface area contributed by atoms with Gasteiger partial charge in [0, 0.05) is 18.6 Å².